The van der Waals surface area contributed by atoms with E-state index in [9.17, 15) is 4.79 Å². The largest absolute Gasteiger partial charge is 0.469 e. The Morgan fingerprint density at radius 3 is 2.38 bits per heavy atom. The highest BCUT2D eigenvalue weighted by Crippen LogP contribution is 2.18. The summed E-state index contributed by atoms with van der Waals surface area (Å²) in [6.45, 7) is 3.44. The smallest absolute Gasteiger partial charge is 0.308 e. The number of nitrogens with zero attached hydrogens (tertiary/aromatic N) is 2. The van der Waals surface area contributed by atoms with E-state index >= 15 is 0 Å². The summed E-state index contributed by atoms with van der Waals surface area (Å²) >= 11 is 0. The van der Waals surface area contributed by atoms with Crippen LogP contribution < -0.4 is 0 Å². The molecule has 0 N–H and O–H groups in total. The summed E-state index contributed by atoms with van der Waals surface area (Å²) in [7, 11) is 2.68. The Kier molecular flexibility index (Phi) is 4.21. The van der Waals surface area contributed by atoms with Gasteiger partial charge in [-0.05, 0) is 13.8 Å². The maximum Gasteiger partial charge on any atom is 0.308 e. The molecule has 0 unspecified atom stereocenters. The molecule has 0 spiro atoms. The number of esters is 1. The van der Waals surface area contributed by atoms with E-state index in [1.54, 1.807) is 13.8 Å². The average molecular weight is 186 g/mol. The van der Waals surface area contributed by atoms with Crippen molar-refractivity contribution >= 4 is 5.97 Å². The number of hydroxylamine groups is 2. The topological polar surface area (TPSA) is 62.6 Å². The molecule has 0 fully saturated rings. The molecule has 0 aromatic heterocycles. The van der Waals surface area contributed by atoms with Crippen LogP contribution in [0.3, 0.4) is 0 Å². The molecule has 0 aliphatic carbocycles. The molecule has 0 aromatic carbocycles. The molecular formula is C8H14N2O3. The Morgan fingerprint density at radius 1 is 1.54 bits per heavy atom. The first-order valence-electron chi connectivity index (χ1n) is 3.79. The predicted octanol–water partition coefficient (Wildman–Crippen LogP) is 0.673. The van der Waals surface area contributed by atoms with E-state index in [1.165, 1.54) is 14.2 Å². The van der Waals surface area contributed by atoms with Gasteiger partial charge in [-0.1, -0.05) is 0 Å². The van der Waals surface area contributed by atoms with Gasteiger partial charge in [-0.15, -0.1) is 0 Å². The predicted molar refractivity (Wildman–Crippen MR) is 45.2 cm³/mol. The molecule has 0 bridgehead atoms. The summed E-state index contributed by atoms with van der Waals surface area (Å²) in [6, 6.07) is 0. The van der Waals surface area contributed by atoms with E-state index in [4.69, 9.17) is 10.1 Å². The zero-order valence-corrected chi connectivity index (χ0v) is 8.33. The zero-order chi connectivity index (χ0) is 10.5. The van der Waals surface area contributed by atoms with Crippen molar-refractivity contribution in [1.82, 2.24) is 5.06 Å². The molecule has 0 heterocycles. The van der Waals surface area contributed by atoms with Crippen LogP contribution in [0, 0.1) is 11.5 Å². The second-order valence-corrected chi connectivity index (χ2v) is 3.14. The average Bonchev–Trinajstić information content (AvgIpc) is 2.05. The molecule has 0 aliphatic rings. The first-order valence-corrected chi connectivity index (χ1v) is 3.79. The lowest BCUT2D eigenvalue weighted by Crippen LogP contribution is -2.41. The summed E-state index contributed by atoms with van der Waals surface area (Å²) in [4.78, 5) is 15.7. The first kappa shape index (κ1) is 11.7. The number of carbonyl (C=O) groups excluding carboxylic acids is 1. The van der Waals surface area contributed by atoms with Crippen molar-refractivity contribution in [2.24, 2.45) is 0 Å². The van der Waals surface area contributed by atoms with Crippen LogP contribution >= 0.6 is 0 Å². The molecule has 0 aliphatic heterocycles. The third kappa shape index (κ3) is 3.30. The second kappa shape index (κ2) is 4.67. The zero-order valence-electron chi connectivity index (χ0n) is 8.33. The fourth-order valence-corrected chi connectivity index (χ4v) is 0.921. The van der Waals surface area contributed by atoms with Gasteiger partial charge >= 0.3 is 5.97 Å². The molecule has 0 aromatic rings. The van der Waals surface area contributed by atoms with Crippen LogP contribution in [0.25, 0.3) is 0 Å². The molecule has 0 saturated carbocycles. The van der Waals surface area contributed by atoms with Gasteiger partial charge in [0.05, 0.1) is 26.2 Å². The van der Waals surface area contributed by atoms with Crippen molar-refractivity contribution in [2.45, 2.75) is 25.8 Å². The van der Waals surface area contributed by atoms with E-state index in [0.29, 0.717) is 0 Å². The van der Waals surface area contributed by atoms with Crippen molar-refractivity contribution < 1.29 is 14.4 Å². The fourth-order valence-electron chi connectivity index (χ4n) is 0.921. The highest BCUT2D eigenvalue weighted by atomic mass is 16.7. The summed E-state index contributed by atoms with van der Waals surface area (Å²) in [6.07, 6.45) is 1.93. The Morgan fingerprint density at radius 2 is 2.08 bits per heavy atom. The summed E-state index contributed by atoms with van der Waals surface area (Å²) < 4.78 is 4.49. The monoisotopic (exact) mass is 186 g/mol. The van der Waals surface area contributed by atoms with Gasteiger partial charge in [0, 0.05) is 0 Å². The molecule has 5 nitrogen and oxygen atoms in total. The van der Waals surface area contributed by atoms with E-state index in [0.717, 1.165) is 5.06 Å². The van der Waals surface area contributed by atoms with Crippen molar-refractivity contribution in [3.05, 3.63) is 0 Å². The van der Waals surface area contributed by atoms with Crippen LogP contribution in [0.1, 0.15) is 20.3 Å². The third-order valence-electron chi connectivity index (χ3n) is 1.63. The van der Waals surface area contributed by atoms with Gasteiger partial charge in [0.2, 0.25) is 6.19 Å². The van der Waals surface area contributed by atoms with Crippen molar-refractivity contribution in [3.8, 4) is 6.19 Å². The van der Waals surface area contributed by atoms with Crippen LogP contribution in [-0.2, 0) is 14.4 Å². The minimum atomic E-state index is -0.684. The van der Waals surface area contributed by atoms with Crippen molar-refractivity contribution in [1.29, 1.82) is 5.26 Å². The van der Waals surface area contributed by atoms with Crippen molar-refractivity contribution in [2.75, 3.05) is 14.2 Å². The van der Waals surface area contributed by atoms with Crippen LogP contribution in [-0.4, -0.2) is 30.8 Å². The molecule has 0 radical (unpaired) electrons. The Balaban J connectivity index is 4.38. The number of hydrogen-bond donors (Lipinski definition) is 0. The molecule has 0 atom stereocenters. The SMILES string of the molecule is COC(=O)CC(C)(C)N(C#N)OC. The van der Waals surface area contributed by atoms with Gasteiger partial charge in [-0.25, -0.2) is 0 Å². The maximum atomic E-state index is 10.9. The molecule has 0 amide bonds. The molecule has 13 heavy (non-hydrogen) atoms. The first-order chi connectivity index (χ1) is 5.97. The molecule has 0 rings (SSSR count). The molecular weight excluding hydrogens is 172 g/mol. The summed E-state index contributed by atoms with van der Waals surface area (Å²) in [5.74, 6) is -0.373. The third-order valence-corrected chi connectivity index (χ3v) is 1.63. The number of rotatable bonds is 4. The van der Waals surface area contributed by atoms with Crippen molar-refractivity contribution in [3.63, 3.8) is 0 Å². The standard InChI is InChI=1S/C8H14N2O3/c1-8(2,5-7(11)12-3)10(6-9)13-4/h5H2,1-4H3. The number of carbonyl (C=O) groups is 1. The number of methoxy groups -OCH3 is 1. The summed E-state index contributed by atoms with van der Waals surface area (Å²) in [5.41, 5.74) is -0.684. The Bertz CT molecular complexity index is 220. The second-order valence-electron chi connectivity index (χ2n) is 3.14. The van der Waals surface area contributed by atoms with E-state index in [-0.39, 0.29) is 12.4 Å². The lowest BCUT2D eigenvalue weighted by molar-refractivity contribution is -0.164. The Hall–Kier alpha value is -1.28. The van der Waals surface area contributed by atoms with E-state index in [1.807, 2.05) is 6.19 Å². The van der Waals surface area contributed by atoms with Gasteiger partial charge in [-0.2, -0.15) is 10.3 Å². The van der Waals surface area contributed by atoms with Gasteiger partial charge in [-0.3, -0.25) is 9.63 Å². The molecule has 74 valence electrons. The maximum absolute atomic E-state index is 10.9. The summed E-state index contributed by atoms with van der Waals surface area (Å²) in [5, 5.41) is 9.71. The lowest BCUT2D eigenvalue weighted by Gasteiger charge is -2.30. The van der Waals surface area contributed by atoms with Gasteiger partial charge < -0.3 is 4.74 Å². The highest BCUT2D eigenvalue weighted by molar-refractivity contribution is 5.70. The normalized spacial score (nSPS) is 10.4. The van der Waals surface area contributed by atoms with Gasteiger partial charge in [0.25, 0.3) is 0 Å². The van der Waals surface area contributed by atoms with Gasteiger partial charge in [0.1, 0.15) is 0 Å². The van der Waals surface area contributed by atoms with E-state index in [2.05, 4.69) is 4.74 Å². The minimum Gasteiger partial charge on any atom is -0.469 e. The number of hydrogen-bond acceptors (Lipinski definition) is 5. The van der Waals surface area contributed by atoms with E-state index < -0.39 is 5.54 Å². The van der Waals surface area contributed by atoms with Crippen LogP contribution in [0.4, 0.5) is 0 Å². The fraction of sp³-hybridized carbons (Fsp3) is 0.750. The van der Waals surface area contributed by atoms with Crippen LogP contribution in [0.5, 0.6) is 0 Å². The molecule has 0 saturated heterocycles. The lowest BCUT2D eigenvalue weighted by atomic mass is 10.0. The van der Waals surface area contributed by atoms with Gasteiger partial charge in [0.15, 0.2) is 0 Å². The highest BCUT2D eigenvalue weighted by Gasteiger charge is 2.30. The quantitative estimate of drug-likeness (QED) is 0.279. The number of ether oxygens (including phenoxy) is 1. The van der Waals surface area contributed by atoms with Crippen LogP contribution in [0.15, 0.2) is 0 Å². The molecule has 5 heteroatoms. The van der Waals surface area contributed by atoms with Crippen LogP contribution in [0.2, 0.25) is 0 Å². The Labute approximate surface area is 77.8 Å². The number of nitriles is 1. The minimum absolute atomic E-state index is 0.102.